The second-order valence-corrected chi connectivity index (χ2v) is 5.64. The number of rotatable bonds is 6. The number of aromatic nitrogens is 1. The van der Waals surface area contributed by atoms with E-state index >= 15 is 0 Å². The van der Waals surface area contributed by atoms with Crippen molar-refractivity contribution < 1.29 is 4.39 Å². The highest BCUT2D eigenvalue weighted by Crippen LogP contribution is 2.20. The molecule has 0 saturated carbocycles. The van der Waals surface area contributed by atoms with Gasteiger partial charge in [0.15, 0.2) is 0 Å². The molecule has 0 aliphatic rings. The molecule has 0 spiro atoms. The van der Waals surface area contributed by atoms with Gasteiger partial charge in [-0.1, -0.05) is 0 Å². The van der Waals surface area contributed by atoms with E-state index in [-0.39, 0.29) is 5.82 Å². The third-order valence-electron chi connectivity index (χ3n) is 3.00. The van der Waals surface area contributed by atoms with E-state index in [1.54, 1.807) is 30.1 Å². The van der Waals surface area contributed by atoms with Crippen molar-refractivity contribution in [2.75, 3.05) is 18.5 Å². The van der Waals surface area contributed by atoms with E-state index in [9.17, 15) is 4.39 Å². The number of anilines is 1. The van der Waals surface area contributed by atoms with Crippen molar-refractivity contribution in [1.82, 2.24) is 10.3 Å². The molecular formula is C15H18FN3S. The van der Waals surface area contributed by atoms with Crippen LogP contribution in [0.4, 0.5) is 10.2 Å². The average Bonchev–Trinajstić information content (AvgIpc) is 2.45. The van der Waals surface area contributed by atoms with Crippen LogP contribution in [0.2, 0.25) is 0 Å². The summed E-state index contributed by atoms with van der Waals surface area (Å²) in [5, 5.41) is 3.30. The Morgan fingerprint density at radius 2 is 2.05 bits per heavy atom. The van der Waals surface area contributed by atoms with Gasteiger partial charge in [-0.15, -0.1) is 11.8 Å². The van der Waals surface area contributed by atoms with Crippen LogP contribution < -0.4 is 11.1 Å². The number of benzene rings is 1. The van der Waals surface area contributed by atoms with E-state index in [0.29, 0.717) is 11.9 Å². The molecule has 1 heterocycles. The lowest BCUT2D eigenvalue weighted by Gasteiger charge is -2.16. The molecule has 1 unspecified atom stereocenters. The predicted molar refractivity (Wildman–Crippen MR) is 82.3 cm³/mol. The van der Waals surface area contributed by atoms with Crippen molar-refractivity contribution in [3.05, 3.63) is 54.0 Å². The van der Waals surface area contributed by atoms with Gasteiger partial charge in [0, 0.05) is 22.9 Å². The van der Waals surface area contributed by atoms with Gasteiger partial charge in [0.25, 0.3) is 0 Å². The lowest BCUT2D eigenvalue weighted by atomic mass is 10.1. The molecule has 0 aliphatic heterocycles. The lowest BCUT2D eigenvalue weighted by molar-refractivity contribution is 0.616. The molecule has 1 aromatic carbocycles. The summed E-state index contributed by atoms with van der Waals surface area (Å²) in [6.45, 7) is 0. The number of thioether (sulfide) groups is 1. The van der Waals surface area contributed by atoms with Crippen LogP contribution >= 0.6 is 11.8 Å². The Morgan fingerprint density at radius 3 is 2.70 bits per heavy atom. The third kappa shape index (κ3) is 4.51. The Balaban J connectivity index is 1.90. The number of nitrogens with one attached hydrogen (secondary N) is 1. The highest BCUT2D eigenvalue weighted by molar-refractivity contribution is 7.99. The molecule has 3 nitrogen and oxygen atoms in total. The average molecular weight is 291 g/mol. The first kappa shape index (κ1) is 14.8. The van der Waals surface area contributed by atoms with E-state index in [4.69, 9.17) is 5.73 Å². The molecule has 2 aromatic rings. The van der Waals surface area contributed by atoms with Crippen LogP contribution in [0.15, 0.2) is 47.5 Å². The molecule has 0 bridgehead atoms. The lowest BCUT2D eigenvalue weighted by Crippen LogP contribution is -2.30. The van der Waals surface area contributed by atoms with Crippen molar-refractivity contribution in [3.8, 4) is 0 Å². The largest absolute Gasteiger partial charge is 0.384 e. The summed E-state index contributed by atoms with van der Waals surface area (Å²) in [7, 11) is 1.94. The highest BCUT2D eigenvalue weighted by atomic mass is 32.2. The van der Waals surface area contributed by atoms with E-state index in [2.05, 4.69) is 10.3 Å². The summed E-state index contributed by atoms with van der Waals surface area (Å²) in [6.07, 6.45) is 2.61. The van der Waals surface area contributed by atoms with Crippen LogP contribution in [0.1, 0.15) is 5.56 Å². The zero-order valence-electron chi connectivity index (χ0n) is 11.3. The maximum Gasteiger partial charge on any atom is 0.123 e. The minimum absolute atomic E-state index is 0.202. The van der Waals surface area contributed by atoms with Gasteiger partial charge in [0.1, 0.15) is 11.6 Å². The summed E-state index contributed by atoms with van der Waals surface area (Å²) in [6, 6.07) is 10.8. The third-order valence-corrected chi connectivity index (χ3v) is 4.18. The van der Waals surface area contributed by atoms with Crippen LogP contribution in [0, 0.1) is 5.82 Å². The smallest absolute Gasteiger partial charge is 0.123 e. The number of nitrogens with zero attached hydrogens (tertiary/aromatic N) is 1. The number of hydrogen-bond donors (Lipinski definition) is 2. The fourth-order valence-corrected chi connectivity index (χ4v) is 2.88. The Labute approximate surface area is 122 Å². The molecular weight excluding hydrogens is 273 g/mol. The van der Waals surface area contributed by atoms with Crippen molar-refractivity contribution in [2.24, 2.45) is 0 Å². The SMILES string of the molecule is CNC(CSc1ccc(F)cc1)Cc1ccnc(N)c1. The molecule has 0 fully saturated rings. The van der Waals surface area contributed by atoms with Crippen LogP contribution in [0.3, 0.4) is 0 Å². The van der Waals surface area contributed by atoms with Crippen molar-refractivity contribution >= 4 is 17.6 Å². The number of pyridine rings is 1. The molecule has 20 heavy (non-hydrogen) atoms. The Morgan fingerprint density at radius 1 is 1.30 bits per heavy atom. The van der Waals surface area contributed by atoms with Crippen LogP contribution in [-0.4, -0.2) is 23.8 Å². The van der Waals surface area contributed by atoms with Crippen LogP contribution in [0.25, 0.3) is 0 Å². The molecule has 5 heteroatoms. The van der Waals surface area contributed by atoms with E-state index in [0.717, 1.165) is 22.6 Å². The van der Waals surface area contributed by atoms with Gasteiger partial charge in [-0.25, -0.2) is 9.37 Å². The summed E-state index contributed by atoms with van der Waals surface area (Å²) < 4.78 is 12.8. The Bertz CT molecular complexity index is 545. The van der Waals surface area contributed by atoms with E-state index < -0.39 is 0 Å². The number of likely N-dealkylation sites (N-methyl/N-ethyl adjacent to an activating group) is 1. The molecule has 1 aromatic heterocycles. The zero-order valence-corrected chi connectivity index (χ0v) is 12.2. The quantitative estimate of drug-likeness (QED) is 0.804. The summed E-state index contributed by atoms with van der Waals surface area (Å²) in [5.41, 5.74) is 6.85. The standard InChI is InChI=1S/C15H18FN3S/c1-18-13(8-11-6-7-19-15(17)9-11)10-20-14-4-2-12(16)3-5-14/h2-7,9,13,18H,8,10H2,1H3,(H2,17,19). The normalized spacial score (nSPS) is 12.3. The van der Waals surface area contributed by atoms with Gasteiger partial charge >= 0.3 is 0 Å². The molecule has 0 aliphatic carbocycles. The van der Waals surface area contributed by atoms with E-state index in [1.807, 2.05) is 19.2 Å². The molecule has 0 radical (unpaired) electrons. The Kier molecular flexibility index (Phi) is 5.38. The molecule has 2 rings (SSSR count). The molecule has 0 saturated heterocycles. The topological polar surface area (TPSA) is 50.9 Å². The zero-order chi connectivity index (χ0) is 14.4. The van der Waals surface area contributed by atoms with Crippen LogP contribution in [-0.2, 0) is 6.42 Å². The number of nitrogens with two attached hydrogens (primary N) is 1. The fourth-order valence-electron chi connectivity index (χ4n) is 1.88. The van der Waals surface area contributed by atoms with Gasteiger partial charge in [0.2, 0.25) is 0 Å². The minimum atomic E-state index is -0.202. The first-order chi connectivity index (χ1) is 9.67. The fraction of sp³-hybridized carbons (Fsp3) is 0.267. The van der Waals surface area contributed by atoms with Gasteiger partial charge < -0.3 is 11.1 Å². The number of nitrogen functional groups attached to an aromatic ring is 1. The second-order valence-electron chi connectivity index (χ2n) is 4.54. The van der Waals surface area contributed by atoms with Gasteiger partial charge in [-0.3, -0.25) is 0 Å². The first-order valence-corrected chi connectivity index (χ1v) is 7.42. The maximum absolute atomic E-state index is 12.8. The Hall–Kier alpha value is -1.59. The molecule has 106 valence electrons. The van der Waals surface area contributed by atoms with Crippen LogP contribution in [0.5, 0.6) is 0 Å². The van der Waals surface area contributed by atoms with Gasteiger partial charge in [-0.05, 0) is 55.4 Å². The van der Waals surface area contributed by atoms with E-state index in [1.165, 1.54) is 12.1 Å². The summed E-state index contributed by atoms with van der Waals surface area (Å²) in [5.74, 6) is 1.25. The number of halogens is 1. The van der Waals surface area contributed by atoms with Gasteiger partial charge in [0.05, 0.1) is 0 Å². The molecule has 3 N–H and O–H groups in total. The highest BCUT2D eigenvalue weighted by Gasteiger charge is 2.08. The van der Waals surface area contributed by atoms with Crippen molar-refractivity contribution in [2.45, 2.75) is 17.4 Å². The minimum Gasteiger partial charge on any atom is -0.384 e. The van der Waals surface area contributed by atoms with Gasteiger partial charge in [-0.2, -0.15) is 0 Å². The monoisotopic (exact) mass is 291 g/mol. The second kappa shape index (κ2) is 7.26. The van der Waals surface area contributed by atoms with Crippen molar-refractivity contribution in [3.63, 3.8) is 0 Å². The molecule has 1 atom stereocenters. The summed E-state index contributed by atoms with van der Waals surface area (Å²) in [4.78, 5) is 5.06. The first-order valence-electron chi connectivity index (χ1n) is 6.43. The summed E-state index contributed by atoms with van der Waals surface area (Å²) >= 11 is 1.71. The molecule has 0 amide bonds. The maximum atomic E-state index is 12.8. The van der Waals surface area contributed by atoms with Crippen molar-refractivity contribution in [1.29, 1.82) is 0 Å². The predicted octanol–water partition coefficient (Wildman–Crippen LogP) is 2.73. The number of hydrogen-bond acceptors (Lipinski definition) is 4.